The number of hydroxylamine groups is 2. The summed E-state index contributed by atoms with van der Waals surface area (Å²) in [7, 11) is -3.86. The van der Waals surface area contributed by atoms with Crippen LogP contribution in [0.25, 0.3) is 0 Å². The first-order valence-corrected chi connectivity index (χ1v) is 5.51. The second kappa shape index (κ2) is 3.18. The average molecular weight is 219 g/mol. The van der Waals surface area contributed by atoms with Gasteiger partial charge in [-0.25, -0.2) is 0 Å². The molecule has 1 aliphatic rings. The Morgan fingerprint density at radius 1 is 1.07 bits per heavy atom. The highest BCUT2D eigenvalue weighted by Crippen LogP contribution is 2.20. The summed E-state index contributed by atoms with van der Waals surface area (Å²) in [5, 5.41) is 0.250. The van der Waals surface area contributed by atoms with Gasteiger partial charge in [-0.15, -0.1) is 9.35 Å². The summed E-state index contributed by atoms with van der Waals surface area (Å²) in [6.07, 6.45) is 0.760. The molecule has 1 rings (SSSR count). The van der Waals surface area contributed by atoms with Crippen LogP contribution >= 0.6 is 0 Å². The van der Waals surface area contributed by atoms with Gasteiger partial charge in [-0.05, 0) is 13.8 Å². The molecular weight excluding hydrogens is 210 g/mol. The van der Waals surface area contributed by atoms with Crippen LogP contribution < -0.4 is 0 Å². The molecule has 0 atom stereocenters. The molecule has 1 heterocycles. The quantitative estimate of drug-likeness (QED) is 0.589. The normalized spacial score (nSPS) is 18.4. The number of carbonyl (C=O) groups is 2. The minimum atomic E-state index is -3.86. The van der Waals surface area contributed by atoms with Crippen molar-refractivity contribution in [1.82, 2.24) is 5.06 Å². The highest BCUT2D eigenvalue weighted by atomic mass is 32.2. The number of hydrogen-bond donors (Lipinski definition) is 0. The number of rotatable bonds is 2. The van der Waals surface area contributed by atoms with E-state index in [2.05, 4.69) is 4.28 Å². The predicted octanol–water partition coefficient (Wildman–Crippen LogP) is -0.417. The van der Waals surface area contributed by atoms with Crippen molar-refractivity contribution in [3.8, 4) is 0 Å². The Kier molecular flexibility index (Phi) is 2.47. The first-order valence-electron chi connectivity index (χ1n) is 3.70. The second-order valence-electron chi connectivity index (χ2n) is 2.93. The molecule has 0 radical (unpaired) electrons. The standard InChI is InChI=1S/C7H9NO5S/c1-4-5(2)7(10)8(6(4)9)13-14(3,11)12/h1-3H3. The van der Waals surface area contributed by atoms with E-state index in [0.29, 0.717) is 0 Å². The van der Waals surface area contributed by atoms with Gasteiger partial charge in [0.2, 0.25) is 0 Å². The fraction of sp³-hybridized carbons (Fsp3) is 0.429. The first-order chi connectivity index (χ1) is 6.24. The number of imide groups is 1. The Balaban J connectivity index is 2.99. The third-order valence-corrected chi connectivity index (χ3v) is 2.20. The summed E-state index contributed by atoms with van der Waals surface area (Å²) in [5.41, 5.74) is 0.386. The molecule has 0 unspecified atom stereocenters. The van der Waals surface area contributed by atoms with E-state index in [0.717, 1.165) is 6.26 Å². The molecule has 0 aromatic carbocycles. The van der Waals surface area contributed by atoms with Crippen LogP contribution in [0.5, 0.6) is 0 Å². The molecule has 14 heavy (non-hydrogen) atoms. The van der Waals surface area contributed by atoms with Gasteiger partial charge in [0, 0.05) is 11.1 Å². The van der Waals surface area contributed by atoms with Crippen LogP contribution in [0.3, 0.4) is 0 Å². The zero-order valence-electron chi connectivity index (χ0n) is 7.90. The Hall–Kier alpha value is -1.21. The molecule has 0 saturated carbocycles. The van der Waals surface area contributed by atoms with Crippen LogP contribution in [-0.4, -0.2) is 31.6 Å². The molecule has 0 N–H and O–H groups in total. The van der Waals surface area contributed by atoms with Gasteiger partial charge in [0.15, 0.2) is 0 Å². The second-order valence-corrected chi connectivity index (χ2v) is 4.49. The van der Waals surface area contributed by atoms with Crippen molar-refractivity contribution in [1.29, 1.82) is 0 Å². The smallest absolute Gasteiger partial charge is 0.267 e. The summed E-state index contributed by atoms with van der Waals surface area (Å²) < 4.78 is 25.6. The number of amides is 2. The van der Waals surface area contributed by atoms with Crippen LogP contribution in [0.4, 0.5) is 0 Å². The molecule has 0 saturated heterocycles. The molecule has 0 spiro atoms. The zero-order valence-corrected chi connectivity index (χ0v) is 8.71. The lowest BCUT2D eigenvalue weighted by atomic mass is 10.2. The van der Waals surface area contributed by atoms with E-state index in [1.807, 2.05) is 0 Å². The van der Waals surface area contributed by atoms with Crippen molar-refractivity contribution in [2.24, 2.45) is 0 Å². The van der Waals surface area contributed by atoms with Gasteiger partial charge in [-0.3, -0.25) is 9.59 Å². The minimum absolute atomic E-state index is 0.193. The fourth-order valence-electron chi connectivity index (χ4n) is 0.921. The lowest BCUT2D eigenvalue weighted by molar-refractivity contribution is -0.162. The van der Waals surface area contributed by atoms with Gasteiger partial charge in [-0.1, -0.05) is 0 Å². The monoisotopic (exact) mass is 219 g/mol. The van der Waals surface area contributed by atoms with Gasteiger partial charge >= 0.3 is 0 Å². The number of hydrogen-bond acceptors (Lipinski definition) is 5. The molecule has 0 aromatic heterocycles. The Bertz CT molecular complexity index is 409. The molecule has 0 fully saturated rings. The molecule has 1 aliphatic heterocycles. The van der Waals surface area contributed by atoms with Gasteiger partial charge < -0.3 is 0 Å². The largest absolute Gasteiger partial charge is 0.285 e. The van der Waals surface area contributed by atoms with Crippen LogP contribution in [0, 0.1) is 0 Å². The van der Waals surface area contributed by atoms with E-state index in [1.165, 1.54) is 13.8 Å². The third-order valence-electron chi connectivity index (χ3n) is 1.78. The highest BCUT2D eigenvalue weighted by molar-refractivity contribution is 7.85. The molecule has 2 amide bonds. The van der Waals surface area contributed by atoms with Gasteiger partial charge in [0.05, 0.1) is 6.26 Å². The van der Waals surface area contributed by atoms with E-state index < -0.39 is 21.9 Å². The van der Waals surface area contributed by atoms with Crippen molar-refractivity contribution in [2.75, 3.05) is 6.26 Å². The van der Waals surface area contributed by atoms with Crippen LogP contribution in [0.2, 0.25) is 0 Å². The fourth-order valence-corrected chi connectivity index (χ4v) is 1.33. The molecule has 0 aliphatic carbocycles. The topological polar surface area (TPSA) is 80.8 Å². The van der Waals surface area contributed by atoms with Crippen molar-refractivity contribution in [2.45, 2.75) is 13.8 Å². The summed E-state index contributed by atoms with van der Waals surface area (Å²) in [6.45, 7) is 2.86. The summed E-state index contributed by atoms with van der Waals surface area (Å²) in [6, 6.07) is 0. The summed E-state index contributed by atoms with van der Waals surface area (Å²) in [5.74, 6) is -1.48. The van der Waals surface area contributed by atoms with Gasteiger partial charge in [0.25, 0.3) is 21.9 Å². The SMILES string of the molecule is CC1=C(C)C(=O)N(OS(C)(=O)=O)C1=O. The zero-order chi connectivity index (χ0) is 11.1. The molecule has 7 heteroatoms. The molecule has 0 aromatic rings. The van der Waals surface area contributed by atoms with Crippen LogP contribution in [0.1, 0.15) is 13.8 Å². The Labute approximate surface area is 81.2 Å². The van der Waals surface area contributed by atoms with Crippen molar-refractivity contribution in [3.63, 3.8) is 0 Å². The minimum Gasteiger partial charge on any atom is -0.267 e. The molecular formula is C7H9NO5S. The maximum absolute atomic E-state index is 11.3. The Morgan fingerprint density at radius 3 is 1.71 bits per heavy atom. The van der Waals surface area contributed by atoms with Gasteiger partial charge in [0.1, 0.15) is 0 Å². The molecule has 6 nitrogen and oxygen atoms in total. The number of nitrogens with zero attached hydrogens (tertiary/aromatic N) is 1. The predicted molar refractivity (Wildman–Crippen MR) is 46.2 cm³/mol. The van der Waals surface area contributed by atoms with Crippen molar-refractivity contribution < 1.29 is 22.3 Å². The van der Waals surface area contributed by atoms with E-state index in [1.54, 1.807) is 0 Å². The highest BCUT2D eigenvalue weighted by Gasteiger charge is 2.36. The number of carbonyl (C=O) groups excluding carboxylic acids is 2. The molecule has 78 valence electrons. The van der Waals surface area contributed by atoms with Crippen LogP contribution in [0.15, 0.2) is 11.1 Å². The molecule has 0 bridgehead atoms. The summed E-state index contributed by atoms with van der Waals surface area (Å²) >= 11 is 0. The lowest BCUT2D eigenvalue weighted by Gasteiger charge is -2.10. The van der Waals surface area contributed by atoms with Crippen LogP contribution in [-0.2, 0) is 24.0 Å². The van der Waals surface area contributed by atoms with Gasteiger partial charge in [-0.2, -0.15) is 8.42 Å². The average Bonchev–Trinajstić information content (AvgIpc) is 2.20. The third kappa shape index (κ3) is 1.83. The van der Waals surface area contributed by atoms with E-state index >= 15 is 0 Å². The van der Waals surface area contributed by atoms with E-state index in [-0.39, 0.29) is 16.2 Å². The van der Waals surface area contributed by atoms with Crippen molar-refractivity contribution >= 4 is 21.9 Å². The van der Waals surface area contributed by atoms with E-state index in [9.17, 15) is 18.0 Å². The maximum Gasteiger partial charge on any atom is 0.285 e. The maximum atomic E-state index is 11.3. The Morgan fingerprint density at radius 2 is 1.43 bits per heavy atom. The first kappa shape index (κ1) is 10.9. The van der Waals surface area contributed by atoms with E-state index in [4.69, 9.17) is 0 Å². The lowest BCUT2D eigenvalue weighted by Crippen LogP contribution is -2.33. The van der Waals surface area contributed by atoms with Crippen molar-refractivity contribution in [3.05, 3.63) is 11.1 Å². The summed E-state index contributed by atoms with van der Waals surface area (Å²) in [4.78, 5) is 22.5.